The summed E-state index contributed by atoms with van der Waals surface area (Å²) in [6, 6.07) is 29.0. The highest BCUT2D eigenvalue weighted by molar-refractivity contribution is 7.07. The number of benzene rings is 3. The maximum absolute atomic E-state index is 12.0. The van der Waals surface area contributed by atoms with E-state index in [1.165, 1.54) is 11.1 Å². The summed E-state index contributed by atoms with van der Waals surface area (Å²) in [4.78, 5) is 17.8. The smallest absolute Gasteiger partial charge is 0.407 e. The molecule has 3 aromatic carbocycles. The highest BCUT2D eigenvalue weighted by Gasteiger charge is 2.15. The Kier molecular flexibility index (Phi) is 7.83. The van der Waals surface area contributed by atoms with Crippen LogP contribution in [-0.4, -0.2) is 22.8 Å². The van der Waals surface area contributed by atoms with Crippen LogP contribution < -0.4 is 10.1 Å². The molecule has 0 atom stereocenters. The van der Waals surface area contributed by atoms with E-state index in [0.29, 0.717) is 6.54 Å². The number of amides is 1. The van der Waals surface area contributed by atoms with Gasteiger partial charge in [-0.3, -0.25) is 0 Å². The van der Waals surface area contributed by atoms with Crippen LogP contribution in [0.25, 0.3) is 22.4 Å². The lowest BCUT2D eigenvalue weighted by Crippen LogP contribution is -2.33. The summed E-state index contributed by atoms with van der Waals surface area (Å²) in [5.41, 5.74) is 5.04. The predicted octanol–water partition coefficient (Wildman–Crippen LogP) is 7.03. The zero-order valence-electron chi connectivity index (χ0n) is 20.4. The SMILES string of the molecule is CC(C)(C)OC(=O)NCCCn1c(-c2ccc(-c3ccccc3)cc2)csc1=Nc1ccccc1. The number of carbonyl (C=O) groups is 1. The van der Waals surface area contributed by atoms with Crippen molar-refractivity contribution in [3.05, 3.63) is 95.1 Å². The van der Waals surface area contributed by atoms with Crippen LogP contribution in [0.15, 0.2) is 95.3 Å². The van der Waals surface area contributed by atoms with E-state index in [2.05, 4.69) is 63.8 Å². The molecule has 35 heavy (non-hydrogen) atoms. The molecular formula is C29H31N3O2S. The number of hydrogen-bond acceptors (Lipinski definition) is 4. The predicted molar refractivity (Wildman–Crippen MR) is 144 cm³/mol. The number of nitrogens with zero attached hydrogens (tertiary/aromatic N) is 2. The molecule has 0 aliphatic rings. The van der Waals surface area contributed by atoms with Gasteiger partial charge in [-0.15, -0.1) is 11.3 Å². The number of nitrogens with one attached hydrogen (secondary N) is 1. The minimum absolute atomic E-state index is 0.390. The lowest BCUT2D eigenvalue weighted by atomic mass is 10.0. The van der Waals surface area contributed by atoms with Crippen molar-refractivity contribution in [2.75, 3.05) is 6.54 Å². The quantitative estimate of drug-likeness (QED) is 0.286. The first-order chi connectivity index (χ1) is 16.9. The van der Waals surface area contributed by atoms with Gasteiger partial charge in [0.15, 0.2) is 4.80 Å². The number of ether oxygens (including phenoxy) is 1. The van der Waals surface area contributed by atoms with Crippen molar-refractivity contribution in [1.82, 2.24) is 9.88 Å². The van der Waals surface area contributed by atoms with Gasteiger partial charge in [-0.05, 0) is 56.0 Å². The van der Waals surface area contributed by atoms with Crippen molar-refractivity contribution < 1.29 is 9.53 Å². The van der Waals surface area contributed by atoms with Gasteiger partial charge >= 0.3 is 6.09 Å². The van der Waals surface area contributed by atoms with Crippen molar-refractivity contribution >= 4 is 23.1 Å². The number of thiazole rings is 1. The van der Waals surface area contributed by atoms with Crippen LogP contribution >= 0.6 is 11.3 Å². The Morgan fingerprint density at radius 3 is 2.14 bits per heavy atom. The molecule has 5 nitrogen and oxygen atoms in total. The number of aromatic nitrogens is 1. The minimum Gasteiger partial charge on any atom is -0.444 e. The minimum atomic E-state index is -0.507. The average Bonchev–Trinajstić information content (AvgIpc) is 3.24. The Hall–Kier alpha value is -3.64. The standard InChI is InChI=1S/C29H31N3O2S/c1-29(2,3)34-28(33)30-19-10-20-32-26(21-35-27(32)31-25-13-8-5-9-14-25)24-17-15-23(16-18-24)22-11-6-4-7-12-22/h4-9,11-18,21H,10,19-20H2,1-3H3,(H,30,33). The monoisotopic (exact) mass is 485 g/mol. The van der Waals surface area contributed by atoms with E-state index in [9.17, 15) is 4.79 Å². The summed E-state index contributed by atoms with van der Waals surface area (Å²) in [5.74, 6) is 0. The highest BCUT2D eigenvalue weighted by Crippen LogP contribution is 2.26. The molecule has 0 aliphatic carbocycles. The zero-order chi connectivity index (χ0) is 24.7. The fraction of sp³-hybridized carbons (Fsp3) is 0.241. The molecule has 1 amide bonds. The van der Waals surface area contributed by atoms with Crippen LogP contribution in [0.4, 0.5) is 10.5 Å². The summed E-state index contributed by atoms with van der Waals surface area (Å²) >= 11 is 1.62. The van der Waals surface area contributed by atoms with Crippen LogP contribution in [0.3, 0.4) is 0 Å². The molecule has 0 fully saturated rings. The zero-order valence-corrected chi connectivity index (χ0v) is 21.2. The van der Waals surface area contributed by atoms with Crippen molar-refractivity contribution in [1.29, 1.82) is 0 Å². The van der Waals surface area contributed by atoms with Gasteiger partial charge < -0.3 is 14.6 Å². The molecule has 0 saturated carbocycles. The van der Waals surface area contributed by atoms with Crippen LogP contribution in [0.2, 0.25) is 0 Å². The van der Waals surface area contributed by atoms with E-state index < -0.39 is 11.7 Å². The Morgan fingerprint density at radius 1 is 0.886 bits per heavy atom. The number of hydrogen-bond donors (Lipinski definition) is 1. The molecule has 180 valence electrons. The number of carbonyl (C=O) groups excluding carboxylic acids is 1. The number of rotatable bonds is 7. The highest BCUT2D eigenvalue weighted by atomic mass is 32.1. The molecule has 0 bridgehead atoms. The molecule has 1 aromatic heterocycles. The van der Waals surface area contributed by atoms with Crippen molar-refractivity contribution in [3.8, 4) is 22.4 Å². The van der Waals surface area contributed by atoms with E-state index in [1.54, 1.807) is 11.3 Å². The molecule has 0 aliphatic heterocycles. The molecule has 1 heterocycles. The molecule has 0 spiro atoms. The summed E-state index contributed by atoms with van der Waals surface area (Å²) < 4.78 is 7.57. The van der Waals surface area contributed by atoms with E-state index in [-0.39, 0.29) is 0 Å². The molecule has 0 saturated heterocycles. The summed E-state index contributed by atoms with van der Waals surface area (Å²) in [6.45, 7) is 6.83. The van der Waals surface area contributed by atoms with Crippen molar-refractivity contribution in [2.45, 2.75) is 39.3 Å². The summed E-state index contributed by atoms with van der Waals surface area (Å²) in [7, 11) is 0. The van der Waals surface area contributed by atoms with Gasteiger partial charge in [0.05, 0.1) is 11.4 Å². The van der Waals surface area contributed by atoms with Crippen LogP contribution in [0, 0.1) is 0 Å². The van der Waals surface area contributed by atoms with Gasteiger partial charge in [0.2, 0.25) is 0 Å². The third-order valence-corrected chi connectivity index (χ3v) is 6.16. The number of alkyl carbamates (subject to hydrolysis) is 1. The van der Waals surface area contributed by atoms with E-state index >= 15 is 0 Å². The maximum atomic E-state index is 12.0. The first-order valence-corrected chi connectivity index (χ1v) is 12.7. The third-order valence-electron chi connectivity index (χ3n) is 5.29. The Labute approximate surface area is 210 Å². The van der Waals surface area contributed by atoms with E-state index in [4.69, 9.17) is 9.73 Å². The first-order valence-electron chi connectivity index (χ1n) is 11.8. The van der Waals surface area contributed by atoms with Crippen LogP contribution in [0.1, 0.15) is 27.2 Å². The lowest BCUT2D eigenvalue weighted by Gasteiger charge is -2.19. The number of para-hydroxylation sites is 1. The summed E-state index contributed by atoms with van der Waals surface area (Å²) in [6.07, 6.45) is 0.367. The molecular weight excluding hydrogens is 454 g/mol. The fourth-order valence-electron chi connectivity index (χ4n) is 3.68. The van der Waals surface area contributed by atoms with Crippen molar-refractivity contribution in [3.63, 3.8) is 0 Å². The Balaban J connectivity index is 1.56. The second kappa shape index (κ2) is 11.2. The van der Waals surface area contributed by atoms with Crippen LogP contribution in [0.5, 0.6) is 0 Å². The molecule has 4 rings (SSSR count). The first kappa shape index (κ1) is 24.5. The maximum Gasteiger partial charge on any atom is 0.407 e. The molecule has 0 radical (unpaired) electrons. The lowest BCUT2D eigenvalue weighted by molar-refractivity contribution is 0.0526. The second-order valence-corrected chi connectivity index (χ2v) is 10.1. The van der Waals surface area contributed by atoms with Crippen LogP contribution in [-0.2, 0) is 11.3 Å². The van der Waals surface area contributed by atoms with Crippen molar-refractivity contribution in [2.24, 2.45) is 4.99 Å². The van der Waals surface area contributed by atoms with E-state index in [0.717, 1.165) is 34.7 Å². The fourth-order valence-corrected chi connectivity index (χ4v) is 4.64. The van der Waals surface area contributed by atoms with Gasteiger partial charge in [0.25, 0.3) is 0 Å². The van der Waals surface area contributed by atoms with Gasteiger partial charge in [-0.1, -0.05) is 72.8 Å². The molecule has 4 aromatic rings. The average molecular weight is 486 g/mol. The summed E-state index contributed by atoms with van der Waals surface area (Å²) in [5, 5.41) is 5.01. The molecule has 0 unspecified atom stereocenters. The second-order valence-electron chi connectivity index (χ2n) is 9.23. The Morgan fingerprint density at radius 2 is 1.49 bits per heavy atom. The van der Waals surface area contributed by atoms with Gasteiger partial charge in [-0.2, -0.15) is 0 Å². The Bertz CT molecular complexity index is 1300. The third kappa shape index (κ3) is 6.93. The molecule has 1 N–H and O–H groups in total. The normalized spacial score (nSPS) is 11.9. The van der Waals surface area contributed by atoms with E-state index in [1.807, 2.05) is 57.2 Å². The van der Waals surface area contributed by atoms with Gasteiger partial charge in [0, 0.05) is 18.5 Å². The van der Waals surface area contributed by atoms with Gasteiger partial charge in [0.1, 0.15) is 5.60 Å². The van der Waals surface area contributed by atoms with Gasteiger partial charge in [-0.25, -0.2) is 9.79 Å². The topological polar surface area (TPSA) is 55.6 Å². The largest absolute Gasteiger partial charge is 0.444 e. The molecule has 6 heteroatoms.